The number of hydrogen-bond acceptors (Lipinski definition) is 1. The van der Waals surface area contributed by atoms with Crippen molar-refractivity contribution in [3.05, 3.63) is 12.2 Å². The van der Waals surface area contributed by atoms with Crippen molar-refractivity contribution in [2.75, 3.05) is 13.2 Å². The molecule has 1 aliphatic rings. The van der Waals surface area contributed by atoms with Crippen molar-refractivity contribution in [2.24, 2.45) is 5.92 Å². The predicted octanol–water partition coefficient (Wildman–Crippen LogP) is 1.60. The molecule has 0 spiro atoms. The Morgan fingerprint density at radius 1 is 1.75 bits per heavy atom. The van der Waals surface area contributed by atoms with Gasteiger partial charge in [-0.25, -0.2) is 0 Å². The van der Waals surface area contributed by atoms with Crippen molar-refractivity contribution in [3.63, 3.8) is 0 Å². The van der Waals surface area contributed by atoms with Gasteiger partial charge in [0.05, 0.1) is 6.61 Å². The maximum absolute atomic E-state index is 5.16. The fraction of sp³-hybridized carbons (Fsp3) is 0.714. The molecule has 1 saturated heterocycles. The van der Waals surface area contributed by atoms with Crippen LogP contribution in [0.1, 0.15) is 13.3 Å². The van der Waals surface area contributed by atoms with Crippen molar-refractivity contribution in [1.82, 2.24) is 0 Å². The highest BCUT2D eigenvalue weighted by Crippen LogP contribution is 2.18. The summed E-state index contributed by atoms with van der Waals surface area (Å²) in [5, 5.41) is 0. The third-order valence-electron chi connectivity index (χ3n) is 1.63. The molecule has 1 fully saturated rings. The van der Waals surface area contributed by atoms with Crippen LogP contribution in [0, 0.1) is 5.92 Å². The van der Waals surface area contributed by atoms with E-state index in [1.165, 1.54) is 12.0 Å². The molecule has 1 heterocycles. The van der Waals surface area contributed by atoms with E-state index < -0.39 is 0 Å². The van der Waals surface area contributed by atoms with E-state index in [0.717, 1.165) is 13.2 Å². The molecule has 1 heteroatoms. The maximum Gasteiger partial charge on any atom is 0.0532 e. The summed E-state index contributed by atoms with van der Waals surface area (Å²) in [5.74, 6) is 0.648. The first-order valence-corrected chi connectivity index (χ1v) is 3.04. The first-order chi connectivity index (χ1) is 3.80. The number of rotatable bonds is 1. The van der Waals surface area contributed by atoms with Crippen LogP contribution in [-0.2, 0) is 4.74 Å². The highest BCUT2D eigenvalue weighted by Gasteiger charge is 2.14. The van der Waals surface area contributed by atoms with Gasteiger partial charge in [0.25, 0.3) is 0 Å². The van der Waals surface area contributed by atoms with Crippen molar-refractivity contribution < 1.29 is 4.74 Å². The van der Waals surface area contributed by atoms with Gasteiger partial charge in [0.15, 0.2) is 0 Å². The lowest BCUT2D eigenvalue weighted by atomic mass is 10.0. The average molecular weight is 112 g/mol. The molecule has 0 saturated carbocycles. The second-order valence-corrected chi connectivity index (χ2v) is 2.41. The molecule has 1 atom stereocenters. The molecule has 0 unspecified atom stereocenters. The monoisotopic (exact) mass is 112 g/mol. The van der Waals surface area contributed by atoms with Crippen molar-refractivity contribution in [1.29, 1.82) is 0 Å². The van der Waals surface area contributed by atoms with Crippen molar-refractivity contribution in [3.8, 4) is 0 Å². The zero-order valence-corrected chi connectivity index (χ0v) is 5.31. The summed E-state index contributed by atoms with van der Waals surface area (Å²) in [6, 6.07) is 0. The first-order valence-electron chi connectivity index (χ1n) is 3.04. The van der Waals surface area contributed by atoms with E-state index in [2.05, 4.69) is 13.5 Å². The van der Waals surface area contributed by atoms with Gasteiger partial charge in [-0.3, -0.25) is 0 Å². The largest absolute Gasteiger partial charge is 0.381 e. The fourth-order valence-electron chi connectivity index (χ4n) is 0.923. The number of hydrogen-bond donors (Lipinski definition) is 0. The van der Waals surface area contributed by atoms with E-state index in [1.54, 1.807) is 0 Å². The summed E-state index contributed by atoms with van der Waals surface area (Å²) in [5.41, 5.74) is 1.27. The molecule has 1 rings (SSSR count). The Bertz CT molecular complexity index is 90.6. The summed E-state index contributed by atoms with van der Waals surface area (Å²) < 4.78 is 5.16. The lowest BCUT2D eigenvalue weighted by Crippen LogP contribution is -1.98. The van der Waals surface area contributed by atoms with Gasteiger partial charge < -0.3 is 4.74 Å². The van der Waals surface area contributed by atoms with E-state index in [0.29, 0.717) is 5.92 Å². The van der Waals surface area contributed by atoms with Crippen molar-refractivity contribution >= 4 is 0 Å². The standard InChI is InChI=1S/C7H12O/c1-6(2)7-3-4-8-5-7/h7H,1,3-5H2,2H3/t7-/m1/s1. The Morgan fingerprint density at radius 3 is 2.75 bits per heavy atom. The van der Waals surface area contributed by atoms with Gasteiger partial charge in [0.2, 0.25) is 0 Å². The molecule has 46 valence electrons. The van der Waals surface area contributed by atoms with Gasteiger partial charge >= 0.3 is 0 Å². The van der Waals surface area contributed by atoms with Gasteiger partial charge in [-0.2, -0.15) is 0 Å². The Kier molecular flexibility index (Phi) is 1.69. The predicted molar refractivity (Wildman–Crippen MR) is 33.7 cm³/mol. The van der Waals surface area contributed by atoms with Crippen LogP contribution < -0.4 is 0 Å². The molecule has 0 N–H and O–H groups in total. The average Bonchev–Trinajstić information content (AvgIpc) is 2.12. The van der Waals surface area contributed by atoms with Crippen LogP contribution >= 0.6 is 0 Å². The van der Waals surface area contributed by atoms with Gasteiger partial charge in [-0.1, -0.05) is 12.2 Å². The molecule has 0 aromatic carbocycles. The van der Waals surface area contributed by atoms with Gasteiger partial charge in [0, 0.05) is 12.5 Å². The Labute approximate surface area is 50.3 Å². The summed E-state index contributed by atoms with van der Waals surface area (Å²) in [6.45, 7) is 7.75. The first kappa shape index (κ1) is 5.83. The molecule has 8 heavy (non-hydrogen) atoms. The van der Waals surface area contributed by atoms with Crippen LogP contribution in [0.4, 0.5) is 0 Å². The van der Waals surface area contributed by atoms with Gasteiger partial charge in [-0.05, 0) is 13.3 Å². The van der Waals surface area contributed by atoms with Crippen LogP contribution in [0.5, 0.6) is 0 Å². The topological polar surface area (TPSA) is 9.23 Å². The molecule has 0 aliphatic carbocycles. The van der Waals surface area contributed by atoms with Crippen LogP contribution in [0.2, 0.25) is 0 Å². The van der Waals surface area contributed by atoms with E-state index in [1.807, 2.05) is 0 Å². The zero-order chi connectivity index (χ0) is 5.98. The quantitative estimate of drug-likeness (QED) is 0.468. The maximum atomic E-state index is 5.16. The third-order valence-corrected chi connectivity index (χ3v) is 1.63. The molecule has 1 aliphatic heterocycles. The molecule has 0 aromatic rings. The van der Waals surface area contributed by atoms with E-state index in [9.17, 15) is 0 Å². The molecule has 1 nitrogen and oxygen atoms in total. The Morgan fingerprint density at radius 2 is 2.50 bits per heavy atom. The highest BCUT2D eigenvalue weighted by atomic mass is 16.5. The van der Waals surface area contributed by atoms with Gasteiger partial charge in [-0.15, -0.1) is 0 Å². The lowest BCUT2D eigenvalue weighted by Gasteiger charge is -2.03. The summed E-state index contributed by atoms with van der Waals surface area (Å²) in [6.07, 6.45) is 1.18. The molecular formula is C7H12O. The second-order valence-electron chi connectivity index (χ2n) is 2.41. The number of ether oxygens (including phenoxy) is 1. The second kappa shape index (κ2) is 2.31. The zero-order valence-electron chi connectivity index (χ0n) is 5.31. The minimum Gasteiger partial charge on any atom is -0.381 e. The normalized spacial score (nSPS) is 28.4. The van der Waals surface area contributed by atoms with Crippen LogP contribution in [-0.4, -0.2) is 13.2 Å². The van der Waals surface area contributed by atoms with E-state index in [-0.39, 0.29) is 0 Å². The molecular weight excluding hydrogens is 100 g/mol. The highest BCUT2D eigenvalue weighted by molar-refractivity contribution is 4.97. The third kappa shape index (κ3) is 1.10. The summed E-state index contributed by atoms with van der Waals surface area (Å²) in [7, 11) is 0. The smallest absolute Gasteiger partial charge is 0.0532 e. The molecule has 0 bridgehead atoms. The van der Waals surface area contributed by atoms with Crippen LogP contribution in [0.25, 0.3) is 0 Å². The van der Waals surface area contributed by atoms with Crippen LogP contribution in [0.3, 0.4) is 0 Å². The lowest BCUT2D eigenvalue weighted by molar-refractivity contribution is 0.190. The molecule has 0 aromatic heterocycles. The Hall–Kier alpha value is -0.300. The Balaban J connectivity index is 2.35. The van der Waals surface area contributed by atoms with Crippen molar-refractivity contribution in [2.45, 2.75) is 13.3 Å². The van der Waals surface area contributed by atoms with E-state index in [4.69, 9.17) is 4.74 Å². The fourth-order valence-corrected chi connectivity index (χ4v) is 0.923. The van der Waals surface area contributed by atoms with Gasteiger partial charge in [0.1, 0.15) is 0 Å². The molecule has 0 radical (unpaired) electrons. The molecule has 0 amide bonds. The van der Waals surface area contributed by atoms with E-state index >= 15 is 0 Å². The van der Waals surface area contributed by atoms with Crippen LogP contribution in [0.15, 0.2) is 12.2 Å². The minimum atomic E-state index is 0.648. The minimum absolute atomic E-state index is 0.648. The summed E-state index contributed by atoms with van der Waals surface area (Å²) >= 11 is 0. The summed E-state index contributed by atoms with van der Waals surface area (Å²) in [4.78, 5) is 0. The SMILES string of the molecule is C=C(C)[C@@H]1CCOC1.